The Morgan fingerprint density at radius 1 is 1.26 bits per heavy atom. The maximum Gasteiger partial charge on any atom is 0.303 e. The van der Waals surface area contributed by atoms with Crippen LogP contribution < -0.4 is 0 Å². The number of carbonyl (C=O) groups is 1. The van der Waals surface area contributed by atoms with Crippen molar-refractivity contribution in [3.8, 4) is 0 Å². The quantitative estimate of drug-likeness (QED) is 0.862. The van der Waals surface area contributed by atoms with E-state index >= 15 is 0 Å². The molecule has 3 heteroatoms. The standard InChI is InChI=1S/C20H27NO2/c22-19(23)9-4-12-21(16-10-11-16)20-17-7-2-1-5-14(17)13-15-6-3-8-18(15)20/h1-2,5,7,15-16,18,20H,3-4,6,8-13H2,(H,22,23)/i20D. The summed E-state index contributed by atoms with van der Waals surface area (Å²) < 4.78 is 9.62. The Hall–Kier alpha value is -1.35. The Morgan fingerprint density at radius 2 is 2.09 bits per heavy atom. The molecule has 0 heterocycles. The first-order chi connectivity index (χ1) is 11.6. The van der Waals surface area contributed by atoms with Crippen LogP contribution in [0, 0.1) is 11.8 Å². The summed E-state index contributed by atoms with van der Waals surface area (Å²) in [5, 5.41) is 9.00. The first-order valence-electron chi connectivity index (χ1n) is 9.67. The monoisotopic (exact) mass is 314 g/mol. The van der Waals surface area contributed by atoms with Crippen molar-refractivity contribution >= 4 is 5.97 Å². The lowest BCUT2D eigenvalue weighted by molar-refractivity contribution is -0.137. The Kier molecular flexibility index (Phi) is 3.83. The van der Waals surface area contributed by atoms with Gasteiger partial charge in [0.1, 0.15) is 0 Å². The van der Waals surface area contributed by atoms with Crippen molar-refractivity contribution < 1.29 is 11.3 Å². The highest BCUT2D eigenvalue weighted by atomic mass is 16.4. The predicted molar refractivity (Wildman–Crippen MR) is 90.3 cm³/mol. The molecule has 3 nitrogen and oxygen atoms in total. The molecule has 1 N–H and O–H groups in total. The second kappa shape index (κ2) is 6.27. The molecule has 1 aromatic carbocycles. The van der Waals surface area contributed by atoms with Crippen LogP contribution in [0.5, 0.6) is 0 Å². The zero-order valence-electron chi connectivity index (χ0n) is 14.7. The predicted octanol–water partition coefficient (Wildman–Crippen LogP) is 4.03. The number of carboxylic acid groups (broad SMARTS) is 1. The third kappa shape index (κ3) is 3.03. The lowest BCUT2D eigenvalue weighted by Crippen LogP contribution is -2.40. The van der Waals surface area contributed by atoms with Crippen LogP contribution in [0.1, 0.15) is 63.5 Å². The summed E-state index contributed by atoms with van der Waals surface area (Å²) in [7, 11) is 0. The van der Waals surface area contributed by atoms with Gasteiger partial charge in [-0.15, -0.1) is 0 Å². The number of fused-ring (bicyclic) bond motifs is 2. The van der Waals surface area contributed by atoms with Crippen molar-refractivity contribution in [2.45, 2.75) is 63.4 Å². The van der Waals surface area contributed by atoms with Gasteiger partial charge in [-0.2, -0.15) is 0 Å². The van der Waals surface area contributed by atoms with Crippen LogP contribution in [-0.4, -0.2) is 28.6 Å². The zero-order valence-corrected chi connectivity index (χ0v) is 13.7. The van der Waals surface area contributed by atoms with Crippen LogP contribution in [0.15, 0.2) is 24.3 Å². The van der Waals surface area contributed by atoms with Crippen molar-refractivity contribution in [2.24, 2.45) is 11.8 Å². The molecule has 0 saturated heterocycles. The molecule has 3 atom stereocenters. The van der Waals surface area contributed by atoms with E-state index in [1.54, 1.807) is 0 Å². The maximum atomic E-state index is 10.9. The summed E-state index contributed by atoms with van der Waals surface area (Å²) in [6.45, 7) is 0.734. The van der Waals surface area contributed by atoms with Crippen molar-refractivity contribution in [3.05, 3.63) is 35.4 Å². The molecular formula is C20H27NO2. The van der Waals surface area contributed by atoms with Crippen LogP contribution in [-0.2, 0) is 11.2 Å². The van der Waals surface area contributed by atoms with Gasteiger partial charge in [0, 0.05) is 18.5 Å². The number of carboxylic acids is 1. The molecule has 2 saturated carbocycles. The number of aliphatic carboxylic acids is 1. The fourth-order valence-electron chi connectivity index (χ4n) is 4.73. The van der Waals surface area contributed by atoms with E-state index in [2.05, 4.69) is 29.2 Å². The Labute approximate surface area is 140 Å². The van der Waals surface area contributed by atoms with Gasteiger partial charge in [-0.25, -0.2) is 0 Å². The second-order valence-electron chi connectivity index (χ2n) is 7.47. The molecule has 0 aliphatic heterocycles. The van der Waals surface area contributed by atoms with Crippen LogP contribution in [0.2, 0.25) is 0 Å². The highest BCUT2D eigenvalue weighted by molar-refractivity contribution is 5.66. The number of hydrogen-bond acceptors (Lipinski definition) is 2. The van der Waals surface area contributed by atoms with Gasteiger partial charge in [-0.1, -0.05) is 30.7 Å². The average Bonchev–Trinajstić information content (AvgIpc) is 3.28. The highest BCUT2D eigenvalue weighted by Crippen LogP contribution is 2.51. The number of nitrogens with zero attached hydrogens (tertiary/aromatic N) is 1. The lowest BCUT2D eigenvalue weighted by atomic mass is 9.73. The largest absolute Gasteiger partial charge is 0.481 e. The van der Waals surface area contributed by atoms with Gasteiger partial charge in [0.25, 0.3) is 0 Å². The van der Waals surface area contributed by atoms with Gasteiger partial charge in [-0.05, 0) is 68.0 Å². The maximum absolute atomic E-state index is 10.9. The fraction of sp³-hybridized carbons (Fsp3) is 0.650. The van der Waals surface area contributed by atoms with Crippen molar-refractivity contribution in [1.82, 2.24) is 4.90 Å². The Bertz CT molecular complexity index is 630. The minimum Gasteiger partial charge on any atom is -0.481 e. The Balaban J connectivity index is 1.69. The number of hydrogen-bond donors (Lipinski definition) is 1. The molecule has 0 radical (unpaired) electrons. The molecule has 0 aromatic heterocycles. The van der Waals surface area contributed by atoms with E-state index in [4.69, 9.17) is 5.11 Å². The van der Waals surface area contributed by atoms with Gasteiger partial charge in [-0.3, -0.25) is 9.69 Å². The van der Waals surface area contributed by atoms with Crippen LogP contribution in [0.25, 0.3) is 0 Å². The molecule has 2 fully saturated rings. The van der Waals surface area contributed by atoms with Crippen LogP contribution in [0.3, 0.4) is 0 Å². The van der Waals surface area contributed by atoms with E-state index in [0.29, 0.717) is 24.3 Å². The van der Waals surface area contributed by atoms with Crippen LogP contribution in [0.4, 0.5) is 0 Å². The summed E-state index contributed by atoms with van der Waals surface area (Å²) in [5.41, 5.74) is 2.54. The summed E-state index contributed by atoms with van der Waals surface area (Å²) in [4.78, 5) is 13.3. The molecule has 3 aliphatic rings. The highest BCUT2D eigenvalue weighted by Gasteiger charge is 2.45. The molecular weight excluding hydrogens is 286 g/mol. The van der Waals surface area contributed by atoms with E-state index in [-0.39, 0.29) is 6.42 Å². The molecule has 124 valence electrons. The normalized spacial score (nSPS) is 33.2. The van der Waals surface area contributed by atoms with Crippen molar-refractivity contribution in [1.29, 1.82) is 0 Å². The first kappa shape index (κ1) is 14.0. The average molecular weight is 314 g/mol. The van der Waals surface area contributed by atoms with Gasteiger partial charge in [0.05, 0.1) is 1.37 Å². The van der Waals surface area contributed by atoms with Crippen molar-refractivity contribution in [2.75, 3.05) is 6.54 Å². The summed E-state index contributed by atoms with van der Waals surface area (Å²) in [6.07, 6.45) is 7.91. The molecule has 1 aromatic rings. The fourth-order valence-corrected chi connectivity index (χ4v) is 4.73. The molecule has 0 amide bonds. The molecule has 3 unspecified atom stereocenters. The van der Waals surface area contributed by atoms with E-state index < -0.39 is 12.0 Å². The van der Waals surface area contributed by atoms with Gasteiger partial charge in [0.2, 0.25) is 0 Å². The third-order valence-electron chi connectivity index (χ3n) is 5.87. The van der Waals surface area contributed by atoms with Gasteiger partial charge >= 0.3 is 5.97 Å². The van der Waals surface area contributed by atoms with E-state index in [9.17, 15) is 6.17 Å². The van der Waals surface area contributed by atoms with Gasteiger partial charge < -0.3 is 5.11 Å². The molecule has 0 spiro atoms. The van der Waals surface area contributed by atoms with Crippen molar-refractivity contribution in [3.63, 3.8) is 0 Å². The molecule has 23 heavy (non-hydrogen) atoms. The summed E-state index contributed by atoms with van der Waals surface area (Å²) >= 11 is 0. The lowest BCUT2D eigenvalue weighted by Gasteiger charge is -2.43. The third-order valence-corrected chi connectivity index (χ3v) is 5.87. The minimum absolute atomic E-state index is 0.203. The number of rotatable bonds is 6. The smallest absolute Gasteiger partial charge is 0.303 e. The summed E-state index contributed by atoms with van der Waals surface area (Å²) in [5.74, 6) is 0.295. The Morgan fingerprint density at radius 3 is 2.87 bits per heavy atom. The SMILES string of the molecule is [2H]C1(N(CCCC(=O)O)C2CC2)c2ccccc2CC2CCCC21. The van der Waals surface area contributed by atoms with E-state index in [0.717, 1.165) is 32.2 Å². The summed E-state index contributed by atoms with van der Waals surface area (Å²) in [6, 6.07) is 8.35. The topological polar surface area (TPSA) is 40.5 Å². The molecule has 3 aliphatic carbocycles. The molecule has 4 rings (SSSR count). The van der Waals surface area contributed by atoms with E-state index in [1.165, 1.54) is 24.0 Å². The van der Waals surface area contributed by atoms with Crippen LogP contribution >= 0.6 is 0 Å². The van der Waals surface area contributed by atoms with E-state index in [1.807, 2.05) is 0 Å². The number of benzene rings is 1. The zero-order chi connectivity index (χ0) is 16.7. The minimum atomic E-state index is -0.729. The first-order valence-corrected chi connectivity index (χ1v) is 9.17. The second-order valence-corrected chi connectivity index (χ2v) is 7.47. The molecule has 0 bridgehead atoms. The van der Waals surface area contributed by atoms with Gasteiger partial charge in [0.15, 0.2) is 0 Å².